The smallest absolute Gasteiger partial charge is 0.262 e. The van der Waals surface area contributed by atoms with Gasteiger partial charge >= 0.3 is 0 Å². The first-order valence-electron chi connectivity index (χ1n) is 9.46. The van der Waals surface area contributed by atoms with Crippen LogP contribution in [0.4, 0.5) is 5.69 Å². The summed E-state index contributed by atoms with van der Waals surface area (Å²) >= 11 is 0. The van der Waals surface area contributed by atoms with E-state index in [2.05, 4.69) is 10.3 Å². The number of oxazole rings is 1. The molecule has 3 aromatic carbocycles. The molecule has 1 heterocycles. The average Bonchev–Trinajstić information content (AvgIpc) is 3.10. The molecule has 0 unspecified atom stereocenters. The minimum absolute atomic E-state index is 0.0603. The summed E-state index contributed by atoms with van der Waals surface area (Å²) in [7, 11) is 0. The Labute approximate surface area is 169 Å². The molecule has 0 aliphatic rings. The van der Waals surface area contributed by atoms with Crippen molar-refractivity contribution in [1.29, 1.82) is 0 Å². The highest BCUT2D eigenvalue weighted by Crippen LogP contribution is 2.28. The Balaban J connectivity index is 1.46. The van der Waals surface area contributed by atoms with Crippen molar-refractivity contribution in [1.82, 2.24) is 4.98 Å². The van der Waals surface area contributed by atoms with Crippen LogP contribution in [0, 0.1) is 20.8 Å². The normalized spacial score (nSPS) is 10.9. The van der Waals surface area contributed by atoms with E-state index < -0.39 is 0 Å². The zero-order valence-electron chi connectivity index (χ0n) is 16.7. The fourth-order valence-electron chi connectivity index (χ4n) is 3.23. The number of anilines is 1. The molecule has 4 aromatic rings. The number of amides is 1. The molecule has 0 bridgehead atoms. The van der Waals surface area contributed by atoms with Gasteiger partial charge in [-0.1, -0.05) is 35.9 Å². The second-order valence-electron chi connectivity index (χ2n) is 7.12. The molecule has 1 amide bonds. The minimum atomic E-state index is -0.230. The summed E-state index contributed by atoms with van der Waals surface area (Å²) in [6.07, 6.45) is 0. The molecule has 146 valence electrons. The molecule has 4 rings (SSSR count). The van der Waals surface area contributed by atoms with Gasteiger partial charge in [-0.2, -0.15) is 0 Å². The van der Waals surface area contributed by atoms with Crippen molar-refractivity contribution < 1.29 is 13.9 Å². The highest BCUT2D eigenvalue weighted by atomic mass is 16.5. The monoisotopic (exact) mass is 386 g/mol. The number of aromatic nitrogens is 1. The molecule has 5 nitrogen and oxygen atoms in total. The van der Waals surface area contributed by atoms with E-state index in [1.54, 1.807) is 12.1 Å². The lowest BCUT2D eigenvalue weighted by atomic mass is 10.1. The number of ether oxygens (including phenoxy) is 1. The van der Waals surface area contributed by atoms with Gasteiger partial charge < -0.3 is 14.5 Å². The number of nitrogens with one attached hydrogen (secondary N) is 1. The van der Waals surface area contributed by atoms with E-state index >= 15 is 0 Å². The number of carbonyl (C=O) groups excluding carboxylic acids is 1. The topological polar surface area (TPSA) is 64.4 Å². The Morgan fingerprint density at radius 2 is 1.83 bits per heavy atom. The van der Waals surface area contributed by atoms with E-state index in [9.17, 15) is 4.79 Å². The molecular weight excluding hydrogens is 364 g/mol. The van der Waals surface area contributed by atoms with Gasteiger partial charge in [0.15, 0.2) is 12.2 Å². The van der Waals surface area contributed by atoms with E-state index in [4.69, 9.17) is 9.15 Å². The van der Waals surface area contributed by atoms with E-state index in [1.807, 2.05) is 69.3 Å². The predicted octanol–water partition coefficient (Wildman–Crippen LogP) is 5.44. The number of fused-ring (bicyclic) bond motifs is 1. The van der Waals surface area contributed by atoms with Gasteiger partial charge in [-0.25, -0.2) is 4.98 Å². The highest BCUT2D eigenvalue weighted by Gasteiger charge is 2.12. The van der Waals surface area contributed by atoms with Gasteiger partial charge in [0.1, 0.15) is 11.3 Å². The van der Waals surface area contributed by atoms with Crippen molar-refractivity contribution in [2.24, 2.45) is 0 Å². The maximum absolute atomic E-state index is 12.3. The molecule has 0 saturated carbocycles. The van der Waals surface area contributed by atoms with Crippen LogP contribution in [0.25, 0.3) is 22.6 Å². The molecule has 29 heavy (non-hydrogen) atoms. The fourth-order valence-corrected chi connectivity index (χ4v) is 3.23. The van der Waals surface area contributed by atoms with Crippen molar-refractivity contribution in [3.63, 3.8) is 0 Å². The average molecular weight is 386 g/mol. The third-order valence-electron chi connectivity index (χ3n) is 4.74. The van der Waals surface area contributed by atoms with Crippen LogP contribution in [-0.4, -0.2) is 17.5 Å². The van der Waals surface area contributed by atoms with E-state index in [-0.39, 0.29) is 12.5 Å². The van der Waals surface area contributed by atoms with Crippen LogP contribution in [-0.2, 0) is 4.79 Å². The number of rotatable bonds is 5. The minimum Gasteiger partial charge on any atom is -0.483 e. The van der Waals surface area contributed by atoms with Gasteiger partial charge in [0, 0.05) is 11.3 Å². The molecule has 0 saturated heterocycles. The Hall–Kier alpha value is -3.60. The van der Waals surface area contributed by atoms with Gasteiger partial charge in [-0.15, -0.1) is 0 Å². The summed E-state index contributed by atoms with van der Waals surface area (Å²) in [6, 6.07) is 19.2. The first kappa shape index (κ1) is 18.7. The van der Waals surface area contributed by atoms with Crippen LogP contribution in [0.15, 0.2) is 65.1 Å². The van der Waals surface area contributed by atoms with Crippen molar-refractivity contribution in [3.8, 4) is 17.2 Å². The van der Waals surface area contributed by atoms with Crippen LogP contribution < -0.4 is 10.1 Å². The van der Waals surface area contributed by atoms with Gasteiger partial charge in [0.05, 0.1) is 0 Å². The summed E-state index contributed by atoms with van der Waals surface area (Å²) < 4.78 is 11.5. The SMILES string of the molecule is Cc1ccc(OCC(=O)Nc2ccc3oc(-c4ccccc4C)nc3c2)c(C)c1. The molecule has 0 fully saturated rings. The number of hydrogen-bond acceptors (Lipinski definition) is 4. The lowest BCUT2D eigenvalue weighted by molar-refractivity contribution is -0.118. The van der Waals surface area contributed by atoms with Gasteiger partial charge in [0.2, 0.25) is 5.89 Å². The van der Waals surface area contributed by atoms with Crippen LogP contribution in [0.2, 0.25) is 0 Å². The molecular formula is C24H22N2O3. The number of benzene rings is 3. The second kappa shape index (κ2) is 7.80. The highest BCUT2D eigenvalue weighted by molar-refractivity contribution is 5.94. The Kier molecular flexibility index (Phi) is 5.04. The van der Waals surface area contributed by atoms with Crippen molar-refractivity contribution in [2.75, 3.05) is 11.9 Å². The maximum Gasteiger partial charge on any atom is 0.262 e. The number of nitrogens with zero attached hydrogens (tertiary/aromatic N) is 1. The van der Waals surface area contributed by atoms with E-state index in [1.165, 1.54) is 0 Å². The summed E-state index contributed by atoms with van der Waals surface area (Å²) in [4.78, 5) is 16.9. The molecule has 0 radical (unpaired) electrons. The number of carbonyl (C=O) groups is 1. The fraction of sp³-hybridized carbons (Fsp3) is 0.167. The van der Waals surface area contributed by atoms with Crippen LogP contribution in [0.1, 0.15) is 16.7 Å². The Morgan fingerprint density at radius 3 is 2.62 bits per heavy atom. The van der Waals surface area contributed by atoms with Crippen molar-refractivity contribution in [2.45, 2.75) is 20.8 Å². The molecule has 1 N–H and O–H groups in total. The summed E-state index contributed by atoms with van der Waals surface area (Å²) in [5, 5.41) is 2.85. The Morgan fingerprint density at radius 1 is 1.00 bits per heavy atom. The molecule has 0 atom stereocenters. The zero-order valence-corrected chi connectivity index (χ0v) is 16.7. The van der Waals surface area contributed by atoms with Crippen molar-refractivity contribution in [3.05, 3.63) is 77.4 Å². The lowest BCUT2D eigenvalue weighted by Gasteiger charge is -2.10. The van der Waals surface area contributed by atoms with Crippen LogP contribution in [0.5, 0.6) is 5.75 Å². The van der Waals surface area contributed by atoms with Gasteiger partial charge in [0.25, 0.3) is 5.91 Å². The zero-order chi connectivity index (χ0) is 20.4. The number of aryl methyl sites for hydroxylation is 3. The van der Waals surface area contributed by atoms with Crippen LogP contribution in [0.3, 0.4) is 0 Å². The molecule has 1 aromatic heterocycles. The van der Waals surface area contributed by atoms with Crippen molar-refractivity contribution >= 4 is 22.7 Å². The lowest BCUT2D eigenvalue weighted by Crippen LogP contribution is -2.20. The third kappa shape index (κ3) is 4.14. The summed E-state index contributed by atoms with van der Waals surface area (Å²) in [5.74, 6) is 1.05. The first-order chi connectivity index (χ1) is 14.0. The quantitative estimate of drug-likeness (QED) is 0.496. The summed E-state index contributed by atoms with van der Waals surface area (Å²) in [5.41, 5.74) is 6.23. The molecule has 0 spiro atoms. The predicted molar refractivity (Wildman–Crippen MR) is 114 cm³/mol. The van der Waals surface area contributed by atoms with Gasteiger partial charge in [-0.05, 0) is 62.2 Å². The molecule has 5 heteroatoms. The maximum atomic E-state index is 12.3. The first-order valence-corrected chi connectivity index (χ1v) is 9.46. The van der Waals surface area contributed by atoms with Crippen LogP contribution >= 0.6 is 0 Å². The summed E-state index contributed by atoms with van der Waals surface area (Å²) in [6.45, 7) is 5.94. The van der Waals surface area contributed by atoms with E-state index in [0.29, 0.717) is 28.4 Å². The second-order valence-corrected chi connectivity index (χ2v) is 7.12. The Bertz CT molecular complexity index is 1190. The molecule has 0 aliphatic carbocycles. The van der Waals surface area contributed by atoms with Gasteiger partial charge in [-0.3, -0.25) is 4.79 Å². The molecule has 0 aliphatic heterocycles. The van der Waals surface area contributed by atoms with E-state index in [0.717, 1.165) is 22.3 Å². The largest absolute Gasteiger partial charge is 0.483 e. The number of hydrogen-bond donors (Lipinski definition) is 1. The standard InChI is InChI=1S/C24H22N2O3/c1-15-8-10-21(17(3)12-15)28-14-23(27)25-18-9-11-22-20(13-18)26-24(29-22)19-7-5-4-6-16(19)2/h4-13H,14H2,1-3H3,(H,25,27). The third-order valence-corrected chi connectivity index (χ3v) is 4.74.